The van der Waals surface area contributed by atoms with Gasteiger partial charge in [0.05, 0.1) is 0 Å². The van der Waals surface area contributed by atoms with Gasteiger partial charge in [-0.25, -0.2) is 15.0 Å². The number of anilines is 1. The van der Waals surface area contributed by atoms with Gasteiger partial charge in [0.2, 0.25) is 0 Å². The molecule has 0 bridgehead atoms. The molecule has 3 aromatic rings. The van der Waals surface area contributed by atoms with Gasteiger partial charge in [-0.1, -0.05) is 12.1 Å². The van der Waals surface area contributed by atoms with Gasteiger partial charge in [-0.05, 0) is 24.6 Å². The average Bonchev–Trinajstić information content (AvgIpc) is 2.74. The predicted octanol–water partition coefficient (Wildman–Crippen LogP) is 1.71. The van der Waals surface area contributed by atoms with E-state index < -0.39 is 0 Å². The Morgan fingerprint density at radius 2 is 2.06 bits per heavy atom. The molecule has 5 nitrogen and oxygen atoms in total. The molecular weight excluding hydrogens is 214 g/mol. The van der Waals surface area contributed by atoms with Crippen molar-refractivity contribution in [2.45, 2.75) is 6.92 Å². The average molecular weight is 225 g/mol. The van der Waals surface area contributed by atoms with E-state index in [0.717, 1.165) is 11.3 Å². The van der Waals surface area contributed by atoms with E-state index in [1.807, 2.05) is 29.7 Å². The van der Waals surface area contributed by atoms with Crippen LogP contribution in [0.5, 0.6) is 0 Å². The molecule has 0 amide bonds. The van der Waals surface area contributed by atoms with Gasteiger partial charge in [0.15, 0.2) is 17.0 Å². The van der Waals surface area contributed by atoms with E-state index in [1.54, 1.807) is 6.33 Å². The number of aryl methyl sites for hydroxylation is 1. The second-order valence-corrected chi connectivity index (χ2v) is 3.88. The Labute approximate surface area is 98.0 Å². The van der Waals surface area contributed by atoms with Crippen molar-refractivity contribution in [3.8, 4) is 5.69 Å². The minimum atomic E-state index is 0.404. The van der Waals surface area contributed by atoms with Gasteiger partial charge in [0.25, 0.3) is 0 Å². The van der Waals surface area contributed by atoms with Gasteiger partial charge >= 0.3 is 0 Å². The van der Waals surface area contributed by atoms with Gasteiger partial charge in [-0.3, -0.25) is 4.57 Å². The van der Waals surface area contributed by atoms with E-state index in [-0.39, 0.29) is 0 Å². The minimum Gasteiger partial charge on any atom is -0.382 e. The molecule has 0 aliphatic carbocycles. The molecule has 0 atom stereocenters. The van der Waals surface area contributed by atoms with E-state index in [4.69, 9.17) is 5.73 Å². The van der Waals surface area contributed by atoms with E-state index >= 15 is 0 Å². The fourth-order valence-electron chi connectivity index (χ4n) is 1.82. The van der Waals surface area contributed by atoms with E-state index in [0.29, 0.717) is 11.3 Å². The summed E-state index contributed by atoms with van der Waals surface area (Å²) < 4.78 is 1.90. The lowest BCUT2D eigenvalue weighted by molar-refractivity contribution is 1.06. The lowest BCUT2D eigenvalue weighted by atomic mass is 10.2. The predicted molar refractivity (Wildman–Crippen MR) is 65.8 cm³/mol. The maximum Gasteiger partial charge on any atom is 0.170 e. The SMILES string of the molecule is Cc1cccc(-n2cnc3c(N)ncnc32)c1. The van der Waals surface area contributed by atoms with E-state index in [2.05, 4.69) is 21.0 Å². The fraction of sp³-hybridized carbons (Fsp3) is 0.0833. The summed E-state index contributed by atoms with van der Waals surface area (Å²) in [7, 11) is 0. The highest BCUT2D eigenvalue weighted by atomic mass is 15.1. The molecule has 2 aromatic heterocycles. The molecule has 0 aliphatic rings. The van der Waals surface area contributed by atoms with Crippen molar-refractivity contribution < 1.29 is 0 Å². The first-order valence-electron chi connectivity index (χ1n) is 5.26. The first-order chi connectivity index (χ1) is 8.25. The van der Waals surface area contributed by atoms with Crippen LogP contribution in [0.25, 0.3) is 16.9 Å². The van der Waals surface area contributed by atoms with Crippen LogP contribution in [-0.2, 0) is 0 Å². The Hall–Kier alpha value is -2.43. The molecule has 0 saturated carbocycles. The molecule has 5 heteroatoms. The Morgan fingerprint density at radius 3 is 2.88 bits per heavy atom. The molecule has 0 spiro atoms. The van der Waals surface area contributed by atoms with Crippen molar-refractivity contribution in [2.24, 2.45) is 0 Å². The standard InChI is InChI=1S/C12H11N5/c1-8-3-2-4-9(5-8)17-7-16-10-11(13)14-6-15-12(10)17/h2-7H,1H3,(H2,13,14,15). The van der Waals surface area contributed by atoms with Gasteiger partial charge in [-0.15, -0.1) is 0 Å². The number of hydrogen-bond acceptors (Lipinski definition) is 4. The summed E-state index contributed by atoms with van der Waals surface area (Å²) in [6, 6.07) is 8.12. The molecule has 0 saturated heterocycles. The monoisotopic (exact) mass is 225 g/mol. The Kier molecular flexibility index (Phi) is 2.04. The number of benzene rings is 1. The number of nitrogens with two attached hydrogens (primary N) is 1. The van der Waals surface area contributed by atoms with Crippen LogP contribution >= 0.6 is 0 Å². The third-order valence-electron chi connectivity index (χ3n) is 2.64. The molecule has 2 N–H and O–H groups in total. The molecule has 0 aliphatic heterocycles. The van der Waals surface area contributed by atoms with Crippen LogP contribution in [0.1, 0.15) is 5.56 Å². The van der Waals surface area contributed by atoms with Crippen molar-refractivity contribution in [1.82, 2.24) is 19.5 Å². The molecule has 0 unspecified atom stereocenters. The highest BCUT2D eigenvalue weighted by Gasteiger charge is 2.08. The quantitative estimate of drug-likeness (QED) is 0.684. The van der Waals surface area contributed by atoms with Crippen LogP contribution in [0.2, 0.25) is 0 Å². The summed E-state index contributed by atoms with van der Waals surface area (Å²) >= 11 is 0. The van der Waals surface area contributed by atoms with E-state index in [9.17, 15) is 0 Å². The largest absolute Gasteiger partial charge is 0.382 e. The van der Waals surface area contributed by atoms with Gasteiger partial charge in [-0.2, -0.15) is 0 Å². The fourth-order valence-corrected chi connectivity index (χ4v) is 1.82. The van der Waals surface area contributed by atoms with Crippen molar-refractivity contribution in [1.29, 1.82) is 0 Å². The summed E-state index contributed by atoms with van der Waals surface area (Å²) in [4.78, 5) is 12.4. The lowest BCUT2D eigenvalue weighted by Gasteiger charge is -2.04. The Bertz CT molecular complexity index is 686. The van der Waals surface area contributed by atoms with Crippen LogP contribution in [0.4, 0.5) is 5.82 Å². The molecular formula is C12H11N5. The number of rotatable bonds is 1. The first kappa shape index (κ1) is 9.77. The van der Waals surface area contributed by atoms with Crippen molar-refractivity contribution in [2.75, 3.05) is 5.73 Å². The highest BCUT2D eigenvalue weighted by Crippen LogP contribution is 2.19. The number of aromatic nitrogens is 4. The van der Waals surface area contributed by atoms with Gasteiger partial charge < -0.3 is 5.73 Å². The number of hydrogen-bond donors (Lipinski definition) is 1. The molecule has 2 heterocycles. The van der Waals surface area contributed by atoms with Gasteiger partial charge in [0, 0.05) is 5.69 Å². The highest BCUT2D eigenvalue weighted by molar-refractivity contribution is 5.82. The normalized spacial score (nSPS) is 10.9. The molecule has 17 heavy (non-hydrogen) atoms. The second-order valence-electron chi connectivity index (χ2n) is 3.88. The third-order valence-corrected chi connectivity index (χ3v) is 2.64. The summed E-state index contributed by atoms with van der Waals surface area (Å²) in [6.07, 6.45) is 3.16. The van der Waals surface area contributed by atoms with Crippen molar-refractivity contribution in [3.63, 3.8) is 0 Å². The smallest absolute Gasteiger partial charge is 0.170 e. The zero-order valence-corrected chi connectivity index (χ0v) is 9.33. The number of nitrogen functional groups attached to an aromatic ring is 1. The molecule has 84 valence electrons. The second kappa shape index (κ2) is 3.55. The summed E-state index contributed by atoms with van der Waals surface area (Å²) in [5.41, 5.74) is 9.31. The lowest BCUT2D eigenvalue weighted by Crippen LogP contribution is -1.97. The topological polar surface area (TPSA) is 69.6 Å². The van der Waals surface area contributed by atoms with Gasteiger partial charge in [0.1, 0.15) is 12.7 Å². The number of nitrogens with zero attached hydrogens (tertiary/aromatic N) is 4. The third kappa shape index (κ3) is 1.52. The molecule has 3 rings (SSSR count). The van der Waals surface area contributed by atoms with Crippen LogP contribution in [0, 0.1) is 6.92 Å². The van der Waals surface area contributed by atoms with Crippen LogP contribution < -0.4 is 5.73 Å². The summed E-state index contributed by atoms with van der Waals surface area (Å²) in [6.45, 7) is 2.05. The number of imidazole rings is 1. The maximum absolute atomic E-state index is 5.75. The molecule has 0 radical (unpaired) electrons. The Balaban J connectivity index is 2.28. The maximum atomic E-state index is 5.75. The first-order valence-corrected chi connectivity index (χ1v) is 5.26. The van der Waals surface area contributed by atoms with Crippen LogP contribution in [0.15, 0.2) is 36.9 Å². The zero-order chi connectivity index (χ0) is 11.8. The molecule has 0 fully saturated rings. The van der Waals surface area contributed by atoms with Crippen LogP contribution in [0.3, 0.4) is 0 Å². The van der Waals surface area contributed by atoms with Crippen LogP contribution in [-0.4, -0.2) is 19.5 Å². The summed E-state index contributed by atoms with van der Waals surface area (Å²) in [5, 5.41) is 0. The van der Waals surface area contributed by atoms with Crippen molar-refractivity contribution in [3.05, 3.63) is 42.5 Å². The minimum absolute atomic E-state index is 0.404. The Morgan fingerprint density at radius 1 is 1.18 bits per heavy atom. The number of fused-ring (bicyclic) bond motifs is 1. The molecule has 1 aromatic carbocycles. The van der Waals surface area contributed by atoms with Crippen molar-refractivity contribution >= 4 is 17.0 Å². The zero-order valence-electron chi connectivity index (χ0n) is 9.33. The summed E-state index contributed by atoms with van der Waals surface area (Å²) in [5.74, 6) is 0.404. The van der Waals surface area contributed by atoms with E-state index in [1.165, 1.54) is 11.9 Å².